The predicted octanol–water partition coefficient (Wildman–Crippen LogP) is 2.96. The van der Waals surface area contributed by atoms with E-state index in [2.05, 4.69) is 12.1 Å². The van der Waals surface area contributed by atoms with Gasteiger partial charge in [-0.25, -0.2) is 0 Å². The first-order valence-electron chi connectivity index (χ1n) is 11.6. The molecule has 0 saturated carbocycles. The maximum Gasteiger partial charge on any atom is 0.215 e. The average Bonchev–Trinajstić information content (AvgIpc) is 2.88. The van der Waals surface area contributed by atoms with Crippen LogP contribution in [0.4, 0.5) is 0 Å². The van der Waals surface area contributed by atoms with Gasteiger partial charge in [-0.3, -0.25) is 0 Å². The molecule has 0 aliphatic heterocycles. The molecule has 0 radical (unpaired) electrons. The summed E-state index contributed by atoms with van der Waals surface area (Å²) in [5.74, 6) is -1.15. The van der Waals surface area contributed by atoms with Gasteiger partial charge in [-0.2, -0.15) is 0 Å². The Labute approximate surface area is 203 Å². The molecule has 0 spiro atoms. The van der Waals surface area contributed by atoms with Crippen molar-refractivity contribution in [2.24, 2.45) is 11.5 Å². The number of nitrogens with two attached hydrogens (primary N) is 2. The van der Waals surface area contributed by atoms with Crippen molar-refractivity contribution in [1.29, 1.82) is 0 Å². The number of rotatable bonds is 19. The number of methoxy groups -OCH3 is 2. The van der Waals surface area contributed by atoms with Crippen molar-refractivity contribution in [3.8, 4) is 0 Å². The van der Waals surface area contributed by atoms with E-state index in [-0.39, 0.29) is 19.5 Å². The summed E-state index contributed by atoms with van der Waals surface area (Å²) in [4.78, 5) is 0. The first-order valence-corrected chi connectivity index (χ1v) is 11.6. The number of hydrogen-bond acceptors (Lipinski definition) is 8. The Hall–Kier alpha value is -1.88. The molecule has 2 aromatic carbocycles. The summed E-state index contributed by atoms with van der Waals surface area (Å²) in [6.07, 6.45) is 1.38. The van der Waals surface area contributed by atoms with Crippen LogP contribution in [0.3, 0.4) is 0 Å². The first-order chi connectivity index (χ1) is 16.7. The lowest BCUT2D eigenvalue weighted by Crippen LogP contribution is -2.51. The van der Waals surface area contributed by atoms with Gasteiger partial charge in [-0.05, 0) is 30.9 Å². The van der Waals surface area contributed by atoms with Gasteiger partial charge in [0.05, 0.1) is 32.5 Å². The van der Waals surface area contributed by atoms with Gasteiger partial charge in [0, 0.05) is 19.8 Å². The van der Waals surface area contributed by atoms with Gasteiger partial charge in [0.2, 0.25) is 5.79 Å². The number of ether oxygens (including phenoxy) is 6. The highest BCUT2D eigenvalue weighted by atomic mass is 16.8. The average molecular weight is 477 g/mol. The molecular formula is C26H40N2O6. The monoisotopic (exact) mass is 476 g/mol. The highest BCUT2D eigenvalue weighted by molar-refractivity contribution is 5.24. The maximum atomic E-state index is 6.88. The first kappa shape index (κ1) is 28.4. The molecule has 2 rings (SSSR count). The van der Waals surface area contributed by atoms with E-state index in [4.69, 9.17) is 39.9 Å². The molecule has 0 fully saturated rings. The molecular weight excluding hydrogens is 436 g/mol. The summed E-state index contributed by atoms with van der Waals surface area (Å²) < 4.78 is 33.9. The van der Waals surface area contributed by atoms with Crippen LogP contribution in [0.1, 0.15) is 29.9 Å². The van der Waals surface area contributed by atoms with E-state index in [0.29, 0.717) is 39.4 Å². The zero-order valence-corrected chi connectivity index (χ0v) is 20.4. The fourth-order valence-corrected chi connectivity index (χ4v) is 3.78. The molecule has 0 aliphatic carbocycles. The Morgan fingerprint density at radius 1 is 0.765 bits per heavy atom. The van der Waals surface area contributed by atoms with Crippen molar-refractivity contribution in [2.45, 2.75) is 30.6 Å². The molecule has 8 nitrogen and oxygen atoms in total. The minimum atomic E-state index is -1.29. The SMILES string of the molecule is COCCOCOC(OCOCCOC)(c1ccccc1)C(N)CC(CCN)c1ccccc1. The molecule has 0 amide bonds. The van der Waals surface area contributed by atoms with Crippen LogP contribution in [0.2, 0.25) is 0 Å². The van der Waals surface area contributed by atoms with Gasteiger partial charge in [0.25, 0.3) is 0 Å². The van der Waals surface area contributed by atoms with Crippen LogP contribution >= 0.6 is 0 Å². The summed E-state index contributed by atoms with van der Waals surface area (Å²) in [6.45, 7) is 2.21. The molecule has 0 saturated heterocycles. The van der Waals surface area contributed by atoms with Crippen LogP contribution in [0, 0.1) is 0 Å². The highest BCUT2D eigenvalue weighted by Crippen LogP contribution is 2.36. The number of benzene rings is 2. The van der Waals surface area contributed by atoms with E-state index >= 15 is 0 Å². The van der Waals surface area contributed by atoms with E-state index < -0.39 is 11.8 Å². The summed E-state index contributed by atoms with van der Waals surface area (Å²) in [5, 5.41) is 0. The van der Waals surface area contributed by atoms with Crippen LogP contribution in [0.25, 0.3) is 0 Å². The lowest BCUT2D eigenvalue weighted by atomic mass is 9.85. The molecule has 4 N–H and O–H groups in total. The molecule has 2 aromatic rings. The van der Waals surface area contributed by atoms with Crippen molar-refractivity contribution < 1.29 is 28.4 Å². The van der Waals surface area contributed by atoms with Crippen LogP contribution < -0.4 is 11.5 Å². The smallest absolute Gasteiger partial charge is 0.215 e. The second-order valence-corrected chi connectivity index (χ2v) is 7.89. The summed E-state index contributed by atoms with van der Waals surface area (Å²) >= 11 is 0. The Morgan fingerprint density at radius 2 is 1.29 bits per heavy atom. The molecule has 190 valence electrons. The molecule has 8 heteroatoms. The predicted molar refractivity (Wildman–Crippen MR) is 131 cm³/mol. The normalized spacial score (nSPS) is 13.6. The topological polar surface area (TPSA) is 107 Å². The Bertz CT molecular complexity index is 735. The molecule has 2 atom stereocenters. The lowest BCUT2D eigenvalue weighted by Gasteiger charge is -2.40. The molecule has 0 aliphatic rings. The Balaban J connectivity index is 2.29. The zero-order chi connectivity index (χ0) is 24.5. The van der Waals surface area contributed by atoms with Crippen molar-refractivity contribution in [2.75, 3.05) is 60.8 Å². The van der Waals surface area contributed by atoms with Gasteiger partial charge in [-0.15, -0.1) is 0 Å². The van der Waals surface area contributed by atoms with E-state index in [1.54, 1.807) is 14.2 Å². The van der Waals surface area contributed by atoms with Crippen LogP contribution in [0.15, 0.2) is 60.7 Å². The van der Waals surface area contributed by atoms with E-state index in [0.717, 1.165) is 12.0 Å². The molecule has 0 aromatic heterocycles. The van der Waals surface area contributed by atoms with Gasteiger partial charge in [0.1, 0.15) is 0 Å². The fourth-order valence-electron chi connectivity index (χ4n) is 3.78. The lowest BCUT2D eigenvalue weighted by molar-refractivity contribution is -0.318. The standard InChI is InChI=1S/C26H40N2O6/c1-29-15-17-31-20-33-26(24-11-7-4-8-12-24,34-21-32-18-16-30-2)25(28)19-23(13-14-27)22-9-5-3-6-10-22/h3-12,23,25H,13-21,27-28H2,1-2H3. The summed E-state index contributed by atoms with van der Waals surface area (Å²) in [6, 6.07) is 19.4. The van der Waals surface area contributed by atoms with Crippen molar-refractivity contribution >= 4 is 0 Å². The largest absolute Gasteiger partial charge is 0.382 e. The second-order valence-electron chi connectivity index (χ2n) is 7.89. The third kappa shape index (κ3) is 9.05. The van der Waals surface area contributed by atoms with Crippen LogP contribution in [-0.4, -0.2) is 66.8 Å². The molecule has 0 heterocycles. The molecule has 0 bridgehead atoms. The Morgan fingerprint density at radius 3 is 1.79 bits per heavy atom. The third-order valence-corrected chi connectivity index (χ3v) is 5.57. The van der Waals surface area contributed by atoms with Gasteiger partial charge >= 0.3 is 0 Å². The fraction of sp³-hybridized carbons (Fsp3) is 0.538. The number of hydrogen-bond donors (Lipinski definition) is 2. The minimum absolute atomic E-state index is 0.0169. The highest BCUT2D eigenvalue weighted by Gasteiger charge is 2.42. The second kappa shape index (κ2) is 16.7. The Kier molecular flexibility index (Phi) is 13.9. The van der Waals surface area contributed by atoms with E-state index in [9.17, 15) is 0 Å². The van der Waals surface area contributed by atoms with Crippen molar-refractivity contribution in [3.05, 3.63) is 71.8 Å². The van der Waals surface area contributed by atoms with Crippen molar-refractivity contribution in [3.63, 3.8) is 0 Å². The summed E-state index contributed by atoms with van der Waals surface area (Å²) in [7, 11) is 3.24. The van der Waals surface area contributed by atoms with Gasteiger partial charge in [-0.1, -0.05) is 60.7 Å². The zero-order valence-electron chi connectivity index (χ0n) is 20.4. The van der Waals surface area contributed by atoms with Gasteiger partial charge < -0.3 is 39.9 Å². The quantitative estimate of drug-likeness (QED) is 0.235. The van der Waals surface area contributed by atoms with Crippen LogP contribution in [-0.2, 0) is 34.2 Å². The van der Waals surface area contributed by atoms with Gasteiger partial charge in [0.15, 0.2) is 13.6 Å². The van der Waals surface area contributed by atoms with Crippen molar-refractivity contribution in [1.82, 2.24) is 0 Å². The van der Waals surface area contributed by atoms with E-state index in [1.807, 2.05) is 48.5 Å². The maximum absolute atomic E-state index is 6.88. The summed E-state index contributed by atoms with van der Waals surface area (Å²) in [5.41, 5.74) is 14.8. The van der Waals surface area contributed by atoms with Crippen LogP contribution in [0.5, 0.6) is 0 Å². The minimum Gasteiger partial charge on any atom is -0.382 e. The molecule has 34 heavy (non-hydrogen) atoms. The third-order valence-electron chi connectivity index (χ3n) is 5.57. The molecule has 2 unspecified atom stereocenters. The van der Waals surface area contributed by atoms with E-state index in [1.165, 1.54) is 5.56 Å².